The maximum Gasteiger partial charge on any atom is 0.244 e. The summed E-state index contributed by atoms with van der Waals surface area (Å²) in [4.78, 5) is 29.3. The van der Waals surface area contributed by atoms with Crippen LogP contribution in [0.2, 0.25) is 0 Å². The lowest BCUT2D eigenvalue weighted by atomic mass is 10.0. The fourth-order valence-corrected chi connectivity index (χ4v) is 5.72. The van der Waals surface area contributed by atoms with Gasteiger partial charge in [-0.3, -0.25) is 13.9 Å². The minimum absolute atomic E-state index is 0.0349. The third-order valence-corrected chi connectivity index (χ3v) is 8.76. The molecule has 0 bridgehead atoms. The van der Waals surface area contributed by atoms with Gasteiger partial charge in [-0.2, -0.15) is 0 Å². The van der Waals surface area contributed by atoms with E-state index in [2.05, 4.69) is 5.32 Å². The number of sulfonamides is 1. The number of hydrogen-bond acceptors (Lipinski definition) is 6. The van der Waals surface area contributed by atoms with Gasteiger partial charge in [-0.1, -0.05) is 56.3 Å². The van der Waals surface area contributed by atoms with E-state index in [0.717, 1.165) is 9.87 Å². The summed E-state index contributed by atoms with van der Waals surface area (Å²) in [6.45, 7) is 5.93. The topological polar surface area (TPSA) is 105 Å². The molecule has 11 heteroatoms. The SMILES string of the molecule is CCS(=O)(=O)N(CC(=O)N(Cc1ccc(F)cc1)[C@@H](Cc1ccccc1)C(=O)NCC(C)C)c1ccc2c(c1)OCCO2. The maximum atomic E-state index is 14.2. The van der Waals surface area contributed by atoms with Crippen LogP contribution in [0.3, 0.4) is 0 Å². The Hall–Kier alpha value is -4.12. The maximum absolute atomic E-state index is 14.2. The van der Waals surface area contributed by atoms with Crippen LogP contribution >= 0.6 is 0 Å². The number of amides is 2. The Labute approximate surface area is 252 Å². The van der Waals surface area contributed by atoms with E-state index in [1.165, 1.54) is 30.0 Å². The third-order valence-electron chi connectivity index (χ3n) is 7.02. The van der Waals surface area contributed by atoms with Crippen LogP contribution in [0.25, 0.3) is 0 Å². The second-order valence-electron chi connectivity index (χ2n) is 10.7. The highest BCUT2D eigenvalue weighted by Crippen LogP contribution is 2.35. The van der Waals surface area contributed by atoms with E-state index in [0.29, 0.717) is 36.8 Å². The quantitative estimate of drug-likeness (QED) is 0.311. The van der Waals surface area contributed by atoms with Crippen LogP contribution in [0.5, 0.6) is 11.5 Å². The molecule has 3 aromatic rings. The molecule has 230 valence electrons. The second-order valence-corrected chi connectivity index (χ2v) is 12.9. The first-order valence-electron chi connectivity index (χ1n) is 14.3. The molecule has 1 atom stereocenters. The number of carbonyl (C=O) groups is 2. The van der Waals surface area contributed by atoms with Gasteiger partial charge < -0.3 is 19.7 Å². The Balaban J connectivity index is 1.73. The Kier molecular flexibility index (Phi) is 10.6. The molecular formula is C32H38FN3O6S. The van der Waals surface area contributed by atoms with Gasteiger partial charge in [0, 0.05) is 25.6 Å². The lowest BCUT2D eigenvalue weighted by molar-refractivity contribution is -0.140. The highest BCUT2D eigenvalue weighted by atomic mass is 32.2. The third kappa shape index (κ3) is 8.47. The molecular weight excluding hydrogens is 573 g/mol. The number of nitrogens with one attached hydrogen (secondary N) is 1. The molecule has 0 aliphatic carbocycles. The zero-order valence-electron chi connectivity index (χ0n) is 24.7. The van der Waals surface area contributed by atoms with Gasteiger partial charge in [-0.25, -0.2) is 12.8 Å². The molecule has 1 aliphatic heterocycles. The van der Waals surface area contributed by atoms with Gasteiger partial charge in [0.1, 0.15) is 31.6 Å². The molecule has 0 saturated carbocycles. The fraction of sp³-hybridized carbons (Fsp3) is 0.375. The van der Waals surface area contributed by atoms with Crippen LogP contribution in [0.15, 0.2) is 72.8 Å². The summed E-state index contributed by atoms with van der Waals surface area (Å²) < 4.78 is 52.7. The molecule has 1 N–H and O–H groups in total. The molecule has 9 nitrogen and oxygen atoms in total. The van der Waals surface area contributed by atoms with E-state index in [1.807, 2.05) is 44.2 Å². The second kappa shape index (κ2) is 14.4. The van der Waals surface area contributed by atoms with Gasteiger partial charge in [0.05, 0.1) is 11.4 Å². The number of anilines is 1. The summed E-state index contributed by atoms with van der Waals surface area (Å²) in [5.41, 5.74) is 1.66. The smallest absolute Gasteiger partial charge is 0.244 e. The Morgan fingerprint density at radius 3 is 2.26 bits per heavy atom. The van der Waals surface area contributed by atoms with Crippen molar-refractivity contribution in [3.8, 4) is 11.5 Å². The molecule has 0 fully saturated rings. The van der Waals surface area contributed by atoms with Gasteiger partial charge in [0.25, 0.3) is 0 Å². The van der Waals surface area contributed by atoms with Crippen LogP contribution in [0, 0.1) is 11.7 Å². The highest BCUT2D eigenvalue weighted by molar-refractivity contribution is 7.92. The number of fused-ring (bicyclic) bond motifs is 1. The van der Waals surface area contributed by atoms with Crippen LogP contribution in [0.1, 0.15) is 31.9 Å². The first-order chi connectivity index (χ1) is 20.6. The Morgan fingerprint density at radius 1 is 0.930 bits per heavy atom. The van der Waals surface area contributed by atoms with Gasteiger partial charge >= 0.3 is 0 Å². The molecule has 2 amide bonds. The summed E-state index contributed by atoms with van der Waals surface area (Å²) >= 11 is 0. The van der Waals surface area contributed by atoms with E-state index in [-0.39, 0.29) is 36.2 Å². The van der Waals surface area contributed by atoms with Crippen molar-refractivity contribution < 1.29 is 31.9 Å². The normalized spacial score (nSPS) is 13.3. The summed E-state index contributed by atoms with van der Waals surface area (Å²) in [6.07, 6.45) is 0.197. The standard InChI is InChI=1S/C32H38FN3O6S/c1-4-43(39,40)36(27-14-15-29-30(19-27)42-17-16-41-29)22-31(37)35(21-25-10-12-26(33)13-11-25)28(32(38)34-20-23(2)3)18-24-8-6-5-7-9-24/h5-15,19,23,28H,4,16-18,20-22H2,1-3H3,(H,34,38)/t28-/m0/s1. The van der Waals surface area contributed by atoms with Gasteiger partial charge in [0.15, 0.2) is 11.5 Å². The van der Waals surface area contributed by atoms with E-state index in [9.17, 15) is 22.4 Å². The van der Waals surface area contributed by atoms with Crippen LogP contribution in [-0.4, -0.2) is 63.2 Å². The number of hydrogen-bond donors (Lipinski definition) is 1. The average molecular weight is 612 g/mol. The lowest BCUT2D eigenvalue weighted by Gasteiger charge is -2.34. The summed E-state index contributed by atoms with van der Waals surface area (Å²) in [7, 11) is -3.93. The van der Waals surface area contributed by atoms with Gasteiger partial charge in [0.2, 0.25) is 21.8 Å². The molecule has 0 radical (unpaired) electrons. The number of benzene rings is 3. The van der Waals surface area contributed by atoms with E-state index >= 15 is 0 Å². The minimum Gasteiger partial charge on any atom is -0.486 e. The van der Waals surface area contributed by atoms with Crippen molar-refractivity contribution in [2.75, 3.05) is 36.4 Å². The van der Waals surface area contributed by atoms with Gasteiger partial charge in [-0.15, -0.1) is 0 Å². The van der Waals surface area contributed by atoms with Crippen LogP contribution < -0.4 is 19.1 Å². The van der Waals surface area contributed by atoms with Crippen molar-refractivity contribution >= 4 is 27.5 Å². The fourth-order valence-electron chi connectivity index (χ4n) is 4.67. The van der Waals surface area contributed by atoms with Crippen molar-refractivity contribution in [1.29, 1.82) is 0 Å². The number of halogens is 1. The van der Waals surface area contributed by atoms with Crippen molar-refractivity contribution in [1.82, 2.24) is 10.2 Å². The van der Waals surface area contributed by atoms with Crippen LogP contribution in [-0.2, 0) is 32.6 Å². The summed E-state index contributed by atoms with van der Waals surface area (Å²) in [5, 5.41) is 2.94. The molecule has 1 heterocycles. The first kappa shape index (κ1) is 31.8. The van der Waals surface area contributed by atoms with Crippen molar-refractivity contribution in [3.63, 3.8) is 0 Å². The molecule has 4 rings (SSSR count). The number of ether oxygens (including phenoxy) is 2. The number of rotatable bonds is 13. The molecule has 1 aliphatic rings. The predicted octanol–water partition coefficient (Wildman–Crippen LogP) is 4.17. The minimum atomic E-state index is -3.93. The molecule has 0 unspecified atom stereocenters. The van der Waals surface area contributed by atoms with Crippen molar-refractivity contribution in [2.45, 2.75) is 39.8 Å². The zero-order chi connectivity index (χ0) is 31.0. The molecule has 0 aromatic heterocycles. The van der Waals surface area contributed by atoms with E-state index in [1.54, 1.807) is 24.3 Å². The summed E-state index contributed by atoms with van der Waals surface area (Å²) in [5.74, 6) is -0.605. The molecule has 3 aromatic carbocycles. The number of nitrogens with zero attached hydrogens (tertiary/aromatic N) is 2. The van der Waals surface area contributed by atoms with Crippen molar-refractivity contribution in [2.24, 2.45) is 5.92 Å². The number of carbonyl (C=O) groups excluding carboxylic acids is 2. The zero-order valence-corrected chi connectivity index (χ0v) is 25.5. The average Bonchev–Trinajstić information content (AvgIpc) is 3.01. The monoisotopic (exact) mass is 611 g/mol. The molecule has 43 heavy (non-hydrogen) atoms. The molecule has 0 spiro atoms. The molecule has 0 saturated heterocycles. The summed E-state index contributed by atoms with van der Waals surface area (Å²) in [6, 6.07) is 18.7. The van der Waals surface area contributed by atoms with E-state index < -0.39 is 34.3 Å². The predicted molar refractivity (Wildman–Crippen MR) is 163 cm³/mol. The van der Waals surface area contributed by atoms with Crippen molar-refractivity contribution in [3.05, 3.63) is 89.7 Å². The van der Waals surface area contributed by atoms with Crippen LogP contribution in [0.4, 0.5) is 10.1 Å². The first-order valence-corrected chi connectivity index (χ1v) is 15.9. The largest absolute Gasteiger partial charge is 0.486 e. The highest BCUT2D eigenvalue weighted by Gasteiger charge is 2.34. The van der Waals surface area contributed by atoms with E-state index in [4.69, 9.17) is 9.47 Å². The van der Waals surface area contributed by atoms with Gasteiger partial charge in [-0.05, 0) is 48.2 Å². The Bertz CT molecular complexity index is 1500. The Morgan fingerprint density at radius 2 is 1.60 bits per heavy atom. The lowest BCUT2D eigenvalue weighted by Crippen LogP contribution is -2.54.